The summed E-state index contributed by atoms with van der Waals surface area (Å²) in [4.78, 5) is 0. The Labute approximate surface area is 77.8 Å². The summed E-state index contributed by atoms with van der Waals surface area (Å²) in [6, 6.07) is 9.69. The Morgan fingerprint density at radius 1 is 1.38 bits per heavy atom. The number of hydrogen-bond acceptors (Lipinski definition) is 1. The standard InChI is InChI=1S/C11H13FO/c1-2-11(12)9-13-8-10-6-4-3-5-7-10/h2-7,11H,1,8-9H2/t11-/m0/s1. The van der Waals surface area contributed by atoms with Crippen molar-refractivity contribution >= 4 is 0 Å². The zero-order valence-electron chi connectivity index (χ0n) is 7.45. The number of benzene rings is 1. The monoisotopic (exact) mass is 180 g/mol. The predicted molar refractivity (Wildman–Crippen MR) is 51.2 cm³/mol. The molecule has 1 atom stereocenters. The van der Waals surface area contributed by atoms with E-state index in [1.165, 1.54) is 6.08 Å². The van der Waals surface area contributed by atoms with E-state index in [2.05, 4.69) is 6.58 Å². The van der Waals surface area contributed by atoms with Gasteiger partial charge < -0.3 is 4.74 Å². The normalized spacial score (nSPS) is 12.4. The van der Waals surface area contributed by atoms with Crippen LogP contribution in [0, 0.1) is 0 Å². The van der Waals surface area contributed by atoms with Gasteiger partial charge in [0.1, 0.15) is 6.17 Å². The minimum Gasteiger partial charge on any atom is -0.373 e. The summed E-state index contributed by atoms with van der Waals surface area (Å²) in [6.07, 6.45) is 0.175. The van der Waals surface area contributed by atoms with E-state index in [1.54, 1.807) is 0 Å². The van der Waals surface area contributed by atoms with Crippen molar-refractivity contribution in [2.45, 2.75) is 12.8 Å². The van der Waals surface area contributed by atoms with E-state index in [9.17, 15) is 4.39 Å². The first kappa shape index (κ1) is 9.93. The molecule has 2 heteroatoms. The lowest BCUT2D eigenvalue weighted by Gasteiger charge is -2.04. The molecule has 0 bridgehead atoms. The van der Waals surface area contributed by atoms with Crippen molar-refractivity contribution in [3.8, 4) is 0 Å². The van der Waals surface area contributed by atoms with E-state index >= 15 is 0 Å². The lowest BCUT2D eigenvalue weighted by atomic mass is 10.2. The van der Waals surface area contributed by atoms with Crippen LogP contribution in [0.15, 0.2) is 43.0 Å². The van der Waals surface area contributed by atoms with Crippen LogP contribution in [-0.2, 0) is 11.3 Å². The summed E-state index contributed by atoms with van der Waals surface area (Å²) in [6.45, 7) is 3.87. The number of ether oxygens (including phenoxy) is 1. The van der Waals surface area contributed by atoms with E-state index in [0.29, 0.717) is 6.61 Å². The molecule has 0 aliphatic rings. The smallest absolute Gasteiger partial charge is 0.141 e. The molecule has 0 radical (unpaired) electrons. The van der Waals surface area contributed by atoms with Crippen molar-refractivity contribution in [2.24, 2.45) is 0 Å². The minimum absolute atomic E-state index is 0.0817. The number of hydrogen-bond donors (Lipinski definition) is 0. The summed E-state index contributed by atoms with van der Waals surface area (Å²) in [5.74, 6) is 0. The van der Waals surface area contributed by atoms with Crippen molar-refractivity contribution in [1.82, 2.24) is 0 Å². The molecule has 0 saturated heterocycles. The lowest BCUT2D eigenvalue weighted by Crippen LogP contribution is -2.06. The van der Waals surface area contributed by atoms with E-state index in [-0.39, 0.29) is 6.61 Å². The van der Waals surface area contributed by atoms with Gasteiger partial charge in [0.05, 0.1) is 13.2 Å². The SMILES string of the molecule is C=C[C@H](F)COCc1ccccc1. The average Bonchev–Trinajstić information content (AvgIpc) is 2.19. The molecule has 0 amide bonds. The van der Waals surface area contributed by atoms with Crippen molar-refractivity contribution in [2.75, 3.05) is 6.61 Å². The van der Waals surface area contributed by atoms with Gasteiger partial charge in [-0.1, -0.05) is 36.4 Å². The Hall–Kier alpha value is -1.15. The fraction of sp³-hybridized carbons (Fsp3) is 0.273. The molecular weight excluding hydrogens is 167 g/mol. The Balaban J connectivity index is 2.24. The second-order valence-corrected chi connectivity index (χ2v) is 2.75. The van der Waals surface area contributed by atoms with Crippen LogP contribution in [0.2, 0.25) is 0 Å². The summed E-state index contributed by atoms with van der Waals surface area (Å²) in [5.41, 5.74) is 1.05. The lowest BCUT2D eigenvalue weighted by molar-refractivity contribution is 0.0854. The first-order chi connectivity index (χ1) is 6.33. The summed E-state index contributed by atoms with van der Waals surface area (Å²) in [5, 5.41) is 0. The third-order valence-corrected chi connectivity index (χ3v) is 1.64. The van der Waals surface area contributed by atoms with Crippen LogP contribution in [0.1, 0.15) is 5.56 Å². The number of alkyl halides is 1. The first-order valence-corrected chi connectivity index (χ1v) is 4.21. The van der Waals surface area contributed by atoms with Gasteiger partial charge in [0.15, 0.2) is 0 Å². The van der Waals surface area contributed by atoms with Gasteiger partial charge in [0.2, 0.25) is 0 Å². The van der Waals surface area contributed by atoms with Gasteiger partial charge in [-0.3, -0.25) is 0 Å². The summed E-state index contributed by atoms with van der Waals surface area (Å²) < 4.78 is 17.7. The molecule has 0 unspecified atom stereocenters. The Morgan fingerprint density at radius 3 is 2.69 bits per heavy atom. The van der Waals surface area contributed by atoms with Gasteiger partial charge in [0.25, 0.3) is 0 Å². The van der Waals surface area contributed by atoms with Crippen LogP contribution in [0.5, 0.6) is 0 Å². The largest absolute Gasteiger partial charge is 0.373 e. The molecule has 1 nitrogen and oxygen atoms in total. The Bertz CT molecular complexity index is 246. The quantitative estimate of drug-likeness (QED) is 0.633. The maximum absolute atomic E-state index is 12.6. The highest BCUT2D eigenvalue weighted by molar-refractivity contribution is 5.13. The molecule has 0 N–H and O–H groups in total. The summed E-state index contributed by atoms with van der Waals surface area (Å²) >= 11 is 0. The van der Waals surface area contributed by atoms with E-state index in [1.807, 2.05) is 30.3 Å². The highest BCUT2D eigenvalue weighted by atomic mass is 19.1. The van der Waals surface area contributed by atoms with Crippen LogP contribution < -0.4 is 0 Å². The fourth-order valence-electron chi connectivity index (χ4n) is 0.932. The second kappa shape index (κ2) is 5.49. The molecule has 1 aromatic carbocycles. The third-order valence-electron chi connectivity index (χ3n) is 1.64. The van der Waals surface area contributed by atoms with Crippen LogP contribution >= 0.6 is 0 Å². The number of rotatable bonds is 5. The predicted octanol–water partition coefficient (Wildman–Crippen LogP) is 2.73. The topological polar surface area (TPSA) is 9.23 Å². The van der Waals surface area contributed by atoms with Crippen LogP contribution in [0.4, 0.5) is 4.39 Å². The van der Waals surface area contributed by atoms with Crippen molar-refractivity contribution in [1.29, 1.82) is 0 Å². The maximum atomic E-state index is 12.6. The Kier molecular flexibility index (Phi) is 4.19. The van der Waals surface area contributed by atoms with E-state index in [0.717, 1.165) is 5.56 Å². The Morgan fingerprint density at radius 2 is 2.08 bits per heavy atom. The molecule has 0 saturated carbocycles. The van der Waals surface area contributed by atoms with E-state index < -0.39 is 6.17 Å². The zero-order valence-corrected chi connectivity index (χ0v) is 7.45. The van der Waals surface area contributed by atoms with E-state index in [4.69, 9.17) is 4.74 Å². The highest BCUT2D eigenvalue weighted by Gasteiger charge is 1.99. The van der Waals surface area contributed by atoms with Gasteiger partial charge in [0, 0.05) is 0 Å². The molecular formula is C11H13FO. The fourth-order valence-corrected chi connectivity index (χ4v) is 0.932. The van der Waals surface area contributed by atoms with Gasteiger partial charge in [-0.05, 0) is 5.56 Å². The molecule has 70 valence electrons. The molecule has 13 heavy (non-hydrogen) atoms. The molecule has 1 rings (SSSR count). The molecule has 0 heterocycles. The molecule has 1 aromatic rings. The first-order valence-electron chi connectivity index (χ1n) is 4.21. The van der Waals surface area contributed by atoms with Crippen molar-refractivity contribution in [3.05, 3.63) is 48.6 Å². The zero-order chi connectivity index (χ0) is 9.52. The summed E-state index contributed by atoms with van der Waals surface area (Å²) in [7, 11) is 0. The average molecular weight is 180 g/mol. The van der Waals surface area contributed by atoms with Crippen molar-refractivity contribution in [3.63, 3.8) is 0 Å². The highest BCUT2D eigenvalue weighted by Crippen LogP contribution is 2.02. The van der Waals surface area contributed by atoms with Crippen molar-refractivity contribution < 1.29 is 9.13 Å². The molecule has 0 spiro atoms. The van der Waals surface area contributed by atoms with Gasteiger partial charge >= 0.3 is 0 Å². The second-order valence-electron chi connectivity index (χ2n) is 2.75. The molecule has 0 aliphatic carbocycles. The van der Waals surface area contributed by atoms with Gasteiger partial charge in [-0.25, -0.2) is 4.39 Å². The molecule has 0 fully saturated rings. The van der Waals surface area contributed by atoms with Crippen LogP contribution in [0.3, 0.4) is 0 Å². The minimum atomic E-state index is -1.07. The number of halogens is 1. The van der Waals surface area contributed by atoms with Crippen LogP contribution in [-0.4, -0.2) is 12.8 Å². The van der Waals surface area contributed by atoms with Crippen LogP contribution in [0.25, 0.3) is 0 Å². The third kappa shape index (κ3) is 3.85. The van der Waals surface area contributed by atoms with Gasteiger partial charge in [-0.2, -0.15) is 0 Å². The maximum Gasteiger partial charge on any atom is 0.141 e. The molecule has 0 aliphatic heterocycles. The van der Waals surface area contributed by atoms with Gasteiger partial charge in [-0.15, -0.1) is 6.58 Å². The molecule has 0 aromatic heterocycles.